The van der Waals surface area contributed by atoms with Crippen molar-refractivity contribution in [1.29, 1.82) is 0 Å². The Morgan fingerprint density at radius 1 is 1.65 bits per heavy atom. The van der Waals surface area contributed by atoms with Gasteiger partial charge in [-0.15, -0.1) is 0 Å². The molecule has 2 atom stereocenters. The molecule has 0 radical (unpaired) electrons. The highest BCUT2D eigenvalue weighted by Crippen LogP contribution is 2.20. The molecule has 1 heterocycles. The van der Waals surface area contributed by atoms with Crippen molar-refractivity contribution in [1.82, 2.24) is 5.32 Å². The topological polar surface area (TPSA) is 64.3 Å². The minimum absolute atomic E-state index is 0.272. The van der Waals surface area contributed by atoms with E-state index in [0.29, 0.717) is 11.9 Å². The normalized spacial score (nSPS) is 23.5. The van der Waals surface area contributed by atoms with Crippen molar-refractivity contribution >= 4 is 17.7 Å². The van der Waals surface area contributed by atoms with Gasteiger partial charge in [-0.05, 0) is 32.7 Å². The first-order chi connectivity index (χ1) is 8.08. The van der Waals surface area contributed by atoms with Gasteiger partial charge < -0.3 is 15.8 Å². The number of thioether (sulfide) groups is 1. The third-order valence-corrected chi connectivity index (χ3v) is 4.42. The minimum Gasteiger partial charge on any atom is -0.377 e. The lowest BCUT2D eigenvalue weighted by atomic mass is 10.1. The summed E-state index contributed by atoms with van der Waals surface area (Å²) in [5.74, 6) is 1.39. The molecule has 0 bridgehead atoms. The molecular weight excluding hydrogens is 236 g/mol. The van der Waals surface area contributed by atoms with Gasteiger partial charge >= 0.3 is 0 Å². The smallest absolute Gasteiger partial charge is 0.238 e. The van der Waals surface area contributed by atoms with Crippen LogP contribution >= 0.6 is 11.8 Å². The molecule has 3 N–H and O–H groups in total. The zero-order chi connectivity index (χ0) is 12.7. The molecule has 0 aromatic heterocycles. The lowest BCUT2D eigenvalue weighted by Gasteiger charge is -2.27. The van der Waals surface area contributed by atoms with Crippen LogP contribution in [0, 0.1) is 0 Å². The molecule has 100 valence electrons. The predicted octanol–water partition coefficient (Wildman–Crippen LogP) is 1.14. The number of amides is 1. The molecule has 1 aliphatic heterocycles. The number of hydrogen-bond acceptors (Lipinski definition) is 4. The Hall–Kier alpha value is -0.260. The molecule has 1 saturated heterocycles. The van der Waals surface area contributed by atoms with Gasteiger partial charge in [0.15, 0.2) is 0 Å². The van der Waals surface area contributed by atoms with Gasteiger partial charge in [0.2, 0.25) is 5.91 Å². The van der Waals surface area contributed by atoms with Gasteiger partial charge in [-0.1, -0.05) is 6.92 Å². The number of carbonyl (C=O) groups is 1. The zero-order valence-electron chi connectivity index (χ0n) is 10.8. The third-order valence-electron chi connectivity index (χ3n) is 3.03. The van der Waals surface area contributed by atoms with Crippen molar-refractivity contribution in [3.8, 4) is 0 Å². The van der Waals surface area contributed by atoms with Crippen molar-refractivity contribution in [2.75, 3.05) is 24.7 Å². The van der Waals surface area contributed by atoms with Crippen LogP contribution in [0.25, 0.3) is 0 Å². The summed E-state index contributed by atoms with van der Waals surface area (Å²) < 4.78 is 5.55. The van der Waals surface area contributed by atoms with E-state index in [1.165, 1.54) is 0 Å². The van der Waals surface area contributed by atoms with Crippen LogP contribution in [0.15, 0.2) is 0 Å². The molecule has 1 amide bonds. The first kappa shape index (κ1) is 14.8. The SMILES string of the molecule is CCCNC(C)(CSCC1CCCO1)C(N)=O. The van der Waals surface area contributed by atoms with E-state index in [2.05, 4.69) is 12.2 Å². The van der Waals surface area contributed by atoms with E-state index in [0.717, 1.165) is 38.2 Å². The molecule has 1 aliphatic rings. The molecule has 1 fully saturated rings. The first-order valence-electron chi connectivity index (χ1n) is 6.33. The monoisotopic (exact) mass is 260 g/mol. The fourth-order valence-corrected chi connectivity index (χ4v) is 3.08. The number of nitrogens with one attached hydrogen (secondary N) is 1. The van der Waals surface area contributed by atoms with Gasteiger partial charge in [0.25, 0.3) is 0 Å². The van der Waals surface area contributed by atoms with Crippen LogP contribution < -0.4 is 11.1 Å². The molecule has 5 heteroatoms. The summed E-state index contributed by atoms with van der Waals surface area (Å²) >= 11 is 1.75. The van der Waals surface area contributed by atoms with E-state index in [4.69, 9.17) is 10.5 Å². The molecule has 0 spiro atoms. The summed E-state index contributed by atoms with van der Waals surface area (Å²) in [6.45, 7) is 5.66. The molecule has 2 unspecified atom stereocenters. The van der Waals surface area contributed by atoms with Gasteiger partial charge in [0.05, 0.1) is 6.10 Å². The van der Waals surface area contributed by atoms with Crippen LogP contribution in [0.5, 0.6) is 0 Å². The van der Waals surface area contributed by atoms with Gasteiger partial charge in [0, 0.05) is 18.1 Å². The fourth-order valence-electron chi connectivity index (χ4n) is 1.78. The van der Waals surface area contributed by atoms with Crippen LogP contribution in [-0.2, 0) is 9.53 Å². The lowest BCUT2D eigenvalue weighted by Crippen LogP contribution is -2.55. The summed E-state index contributed by atoms with van der Waals surface area (Å²) in [6.07, 6.45) is 3.66. The summed E-state index contributed by atoms with van der Waals surface area (Å²) in [5, 5.41) is 3.23. The standard InChI is InChI=1S/C12H24N2O2S/c1-3-6-14-12(2,11(13)15)9-17-8-10-5-4-7-16-10/h10,14H,3-9H2,1-2H3,(H2,13,15). The molecule has 17 heavy (non-hydrogen) atoms. The predicted molar refractivity (Wildman–Crippen MR) is 72.2 cm³/mol. The van der Waals surface area contributed by atoms with E-state index in [1.807, 2.05) is 6.92 Å². The molecule has 0 saturated carbocycles. The van der Waals surface area contributed by atoms with E-state index in [1.54, 1.807) is 11.8 Å². The van der Waals surface area contributed by atoms with Gasteiger partial charge in [-0.3, -0.25) is 4.79 Å². The Balaban J connectivity index is 2.30. The van der Waals surface area contributed by atoms with Crippen molar-refractivity contribution < 1.29 is 9.53 Å². The highest BCUT2D eigenvalue weighted by atomic mass is 32.2. The maximum absolute atomic E-state index is 11.5. The summed E-state index contributed by atoms with van der Waals surface area (Å²) in [4.78, 5) is 11.5. The largest absolute Gasteiger partial charge is 0.377 e. The Morgan fingerprint density at radius 2 is 2.41 bits per heavy atom. The summed E-state index contributed by atoms with van der Waals surface area (Å²) in [6, 6.07) is 0. The molecule has 1 rings (SSSR count). The number of hydrogen-bond donors (Lipinski definition) is 2. The second-order valence-electron chi connectivity index (χ2n) is 4.77. The van der Waals surface area contributed by atoms with Crippen LogP contribution in [0.4, 0.5) is 0 Å². The number of carbonyl (C=O) groups excluding carboxylic acids is 1. The van der Waals surface area contributed by atoms with Crippen molar-refractivity contribution in [2.45, 2.75) is 44.8 Å². The first-order valence-corrected chi connectivity index (χ1v) is 7.48. The number of ether oxygens (including phenoxy) is 1. The second kappa shape index (κ2) is 7.24. The minimum atomic E-state index is -0.598. The van der Waals surface area contributed by atoms with Crippen LogP contribution in [-0.4, -0.2) is 42.2 Å². The maximum atomic E-state index is 11.5. The van der Waals surface area contributed by atoms with Crippen LogP contribution in [0.2, 0.25) is 0 Å². The van der Waals surface area contributed by atoms with Gasteiger partial charge in [0.1, 0.15) is 5.54 Å². The Kier molecular flexibility index (Phi) is 6.30. The number of rotatable bonds is 8. The average Bonchev–Trinajstić information content (AvgIpc) is 2.79. The molecular formula is C12H24N2O2S. The van der Waals surface area contributed by atoms with Crippen LogP contribution in [0.1, 0.15) is 33.1 Å². The number of nitrogens with two attached hydrogens (primary N) is 1. The van der Waals surface area contributed by atoms with Gasteiger partial charge in [-0.25, -0.2) is 0 Å². The van der Waals surface area contributed by atoms with E-state index in [9.17, 15) is 4.79 Å². The number of primary amides is 1. The maximum Gasteiger partial charge on any atom is 0.238 e. The lowest BCUT2D eigenvalue weighted by molar-refractivity contribution is -0.122. The van der Waals surface area contributed by atoms with Gasteiger partial charge in [-0.2, -0.15) is 11.8 Å². The Bertz CT molecular complexity index is 245. The summed E-state index contributed by atoms with van der Waals surface area (Å²) in [7, 11) is 0. The highest BCUT2D eigenvalue weighted by molar-refractivity contribution is 7.99. The molecule has 0 aromatic carbocycles. The van der Waals surface area contributed by atoms with E-state index < -0.39 is 5.54 Å². The van der Waals surface area contributed by atoms with Crippen LogP contribution in [0.3, 0.4) is 0 Å². The van der Waals surface area contributed by atoms with E-state index >= 15 is 0 Å². The van der Waals surface area contributed by atoms with Crippen molar-refractivity contribution in [2.24, 2.45) is 5.73 Å². The molecule has 0 aliphatic carbocycles. The Labute approximate surface area is 108 Å². The Morgan fingerprint density at radius 3 is 2.94 bits per heavy atom. The molecule has 0 aromatic rings. The van der Waals surface area contributed by atoms with E-state index in [-0.39, 0.29) is 5.91 Å². The third kappa shape index (κ3) is 4.85. The van der Waals surface area contributed by atoms with Crippen molar-refractivity contribution in [3.63, 3.8) is 0 Å². The fraction of sp³-hybridized carbons (Fsp3) is 0.917. The van der Waals surface area contributed by atoms with Crippen molar-refractivity contribution in [3.05, 3.63) is 0 Å². The summed E-state index contributed by atoms with van der Waals surface area (Å²) in [5.41, 5.74) is 4.86. The highest BCUT2D eigenvalue weighted by Gasteiger charge is 2.30. The quantitative estimate of drug-likeness (QED) is 0.687. The molecule has 4 nitrogen and oxygen atoms in total. The average molecular weight is 260 g/mol. The second-order valence-corrected chi connectivity index (χ2v) is 5.80. The zero-order valence-corrected chi connectivity index (χ0v) is 11.6.